The Kier molecular flexibility index (Phi) is 6.19. The van der Waals surface area contributed by atoms with Gasteiger partial charge in [-0.3, -0.25) is 9.52 Å². The molecule has 2 N–H and O–H groups in total. The topological polar surface area (TPSA) is 84.5 Å². The van der Waals surface area contributed by atoms with Crippen LogP contribution in [0, 0.1) is 6.92 Å². The minimum Gasteiger partial charge on any atom is -0.492 e. The summed E-state index contributed by atoms with van der Waals surface area (Å²) in [6, 6.07) is 20.2. The van der Waals surface area contributed by atoms with Crippen LogP contribution in [-0.2, 0) is 10.0 Å². The van der Waals surface area contributed by atoms with Crippen LogP contribution in [0.4, 0.5) is 11.4 Å². The summed E-state index contributed by atoms with van der Waals surface area (Å²) in [5.74, 6) is 0.0413. The predicted octanol–water partition coefficient (Wildman–Crippen LogP) is 4.45. The molecule has 3 aromatic carbocycles. The van der Waals surface area contributed by atoms with E-state index in [0.717, 1.165) is 5.56 Å². The average Bonchev–Trinajstić information content (AvgIpc) is 2.71. The highest BCUT2D eigenvalue weighted by Gasteiger charge is 2.19. The van der Waals surface area contributed by atoms with Gasteiger partial charge in [-0.25, -0.2) is 8.42 Å². The van der Waals surface area contributed by atoms with Crippen molar-refractivity contribution in [3.8, 4) is 5.75 Å². The molecule has 0 spiro atoms. The lowest BCUT2D eigenvalue weighted by Gasteiger charge is -2.15. The zero-order chi connectivity index (χ0) is 20.9. The van der Waals surface area contributed by atoms with Crippen molar-refractivity contribution in [3.63, 3.8) is 0 Å². The van der Waals surface area contributed by atoms with Crippen molar-refractivity contribution in [1.29, 1.82) is 0 Å². The summed E-state index contributed by atoms with van der Waals surface area (Å²) in [5, 5.41) is 2.74. The summed E-state index contributed by atoms with van der Waals surface area (Å²) in [5.41, 5.74) is 2.05. The van der Waals surface area contributed by atoms with E-state index in [4.69, 9.17) is 4.74 Å². The summed E-state index contributed by atoms with van der Waals surface area (Å²) >= 11 is 0. The molecule has 1 amide bonds. The van der Waals surface area contributed by atoms with Crippen LogP contribution in [0.2, 0.25) is 0 Å². The van der Waals surface area contributed by atoms with Gasteiger partial charge in [0, 0.05) is 5.56 Å². The number of anilines is 2. The van der Waals surface area contributed by atoms with Crippen LogP contribution in [-0.4, -0.2) is 20.9 Å². The van der Waals surface area contributed by atoms with Crippen molar-refractivity contribution in [2.75, 3.05) is 16.6 Å². The average molecular weight is 410 g/mol. The van der Waals surface area contributed by atoms with E-state index in [1.54, 1.807) is 36.4 Å². The molecule has 150 valence electrons. The van der Waals surface area contributed by atoms with Crippen LogP contribution in [0.25, 0.3) is 0 Å². The Balaban J connectivity index is 1.93. The molecule has 6 nitrogen and oxygen atoms in total. The fourth-order valence-corrected chi connectivity index (χ4v) is 3.89. The van der Waals surface area contributed by atoms with Gasteiger partial charge >= 0.3 is 0 Å². The third-order valence-corrected chi connectivity index (χ3v) is 5.60. The molecule has 0 saturated carbocycles. The Morgan fingerprint density at radius 2 is 1.62 bits per heavy atom. The SMILES string of the molecule is CCOc1ccc(S(=O)(=O)Nc2ccccc2C)cc1NC(=O)c1ccccc1. The smallest absolute Gasteiger partial charge is 0.261 e. The Labute approximate surface area is 170 Å². The van der Waals surface area contributed by atoms with Gasteiger partial charge in [0.25, 0.3) is 15.9 Å². The second-order valence-electron chi connectivity index (χ2n) is 6.33. The third-order valence-electron chi connectivity index (χ3n) is 4.23. The Hall–Kier alpha value is -3.32. The number of benzene rings is 3. The molecule has 0 aromatic heterocycles. The fraction of sp³-hybridized carbons (Fsp3) is 0.136. The van der Waals surface area contributed by atoms with Crippen molar-refractivity contribution >= 4 is 27.3 Å². The Morgan fingerprint density at radius 3 is 2.31 bits per heavy atom. The maximum Gasteiger partial charge on any atom is 0.261 e. The molecule has 3 rings (SSSR count). The molecular formula is C22H22N2O4S. The quantitative estimate of drug-likeness (QED) is 0.603. The van der Waals surface area contributed by atoms with E-state index in [1.807, 2.05) is 32.0 Å². The van der Waals surface area contributed by atoms with Crippen LogP contribution in [0.5, 0.6) is 5.75 Å². The third kappa shape index (κ3) is 4.94. The first-order valence-corrected chi connectivity index (χ1v) is 10.6. The molecule has 7 heteroatoms. The first-order chi connectivity index (χ1) is 13.9. The largest absolute Gasteiger partial charge is 0.492 e. The maximum absolute atomic E-state index is 12.9. The molecule has 0 heterocycles. The molecule has 0 bridgehead atoms. The summed E-state index contributed by atoms with van der Waals surface area (Å²) in [4.78, 5) is 12.6. The molecule has 29 heavy (non-hydrogen) atoms. The summed E-state index contributed by atoms with van der Waals surface area (Å²) in [6.45, 7) is 4.01. The lowest BCUT2D eigenvalue weighted by atomic mass is 10.2. The molecule has 0 saturated heterocycles. The van der Waals surface area contributed by atoms with E-state index < -0.39 is 10.0 Å². The highest BCUT2D eigenvalue weighted by atomic mass is 32.2. The lowest BCUT2D eigenvalue weighted by molar-refractivity contribution is 0.102. The van der Waals surface area contributed by atoms with Gasteiger partial charge in [-0.05, 0) is 55.8 Å². The van der Waals surface area contributed by atoms with E-state index in [1.165, 1.54) is 18.2 Å². The zero-order valence-corrected chi connectivity index (χ0v) is 17.0. The molecule has 0 aliphatic carbocycles. The lowest BCUT2D eigenvalue weighted by Crippen LogP contribution is -2.16. The van der Waals surface area contributed by atoms with Gasteiger partial charge in [0.1, 0.15) is 5.75 Å². The Morgan fingerprint density at radius 1 is 0.931 bits per heavy atom. The number of nitrogens with one attached hydrogen (secondary N) is 2. The number of carbonyl (C=O) groups excluding carboxylic acids is 1. The van der Waals surface area contributed by atoms with Gasteiger partial charge in [-0.2, -0.15) is 0 Å². The van der Waals surface area contributed by atoms with Crippen molar-refractivity contribution in [2.45, 2.75) is 18.7 Å². The number of hydrogen-bond acceptors (Lipinski definition) is 4. The zero-order valence-electron chi connectivity index (χ0n) is 16.2. The number of rotatable bonds is 7. The minimum atomic E-state index is -3.85. The molecule has 0 unspecified atom stereocenters. The molecule has 0 aliphatic heterocycles. The van der Waals surface area contributed by atoms with E-state index in [9.17, 15) is 13.2 Å². The van der Waals surface area contributed by atoms with Crippen molar-refractivity contribution < 1.29 is 17.9 Å². The number of carbonyl (C=O) groups is 1. The van der Waals surface area contributed by atoms with Crippen molar-refractivity contribution in [1.82, 2.24) is 0 Å². The van der Waals surface area contributed by atoms with Gasteiger partial charge in [0.05, 0.1) is 22.9 Å². The first kappa shape index (κ1) is 20.4. The predicted molar refractivity (Wildman–Crippen MR) is 114 cm³/mol. The number of aryl methyl sites for hydroxylation is 1. The monoisotopic (exact) mass is 410 g/mol. The number of sulfonamides is 1. The van der Waals surface area contributed by atoms with E-state index in [2.05, 4.69) is 10.0 Å². The normalized spacial score (nSPS) is 11.0. The molecule has 0 aliphatic rings. The number of para-hydroxylation sites is 1. The van der Waals surface area contributed by atoms with Gasteiger partial charge < -0.3 is 10.1 Å². The molecular weight excluding hydrogens is 388 g/mol. The van der Waals surface area contributed by atoms with Crippen molar-refractivity contribution in [3.05, 3.63) is 83.9 Å². The van der Waals surface area contributed by atoms with Crippen LogP contribution in [0.3, 0.4) is 0 Å². The molecule has 0 fully saturated rings. The Bertz CT molecular complexity index is 1110. The van der Waals surface area contributed by atoms with Gasteiger partial charge in [0.2, 0.25) is 0 Å². The second-order valence-corrected chi connectivity index (χ2v) is 8.01. The highest BCUT2D eigenvalue weighted by Crippen LogP contribution is 2.29. The van der Waals surface area contributed by atoms with E-state index in [0.29, 0.717) is 23.6 Å². The van der Waals surface area contributed by atoms with Crippen molar-refractivity contribution in [2.24, 2.45) is 0 Å². The summed E-state index contributed by atoms with van der Waals surface area (Å²) in [6.07, 6.45) is 0. The number of ether oxygens (including phenoxy) is 1. The minimum absolute atomic E-state index is 0.0209. The van der Waals surface area contributed by atoms with Gasteiger partial charge in [-0.1, -0.05) is 36.4 Å². The highest BCUT2D eigenvalue weighted by molar-refractivity contribution is 7.92. The fourth-order valence-electron chi connectivity index (χ4n) is 2.73. The molecule has 3 aromatic rings. The molecule has 0 radical (unpaired) electrons. The van der Waals surface area contributed by atoms with Crippen LogP contribution in [0.1, 0.15) is 22.8 Å². The van der Waals surface area contributed by atoms with Crippen LogP contribution < -0.4 is 14.8 Å². The summed E-state index contributed by atoms with van der Waals surface area (Å²) < 4.78 is 33.9. The first-order valence-electron chi connectivity index (χ1n) is 9.12. The molecule has 0 atom stereocenters. The van der Waals surface area contributed by atoms with Gasteiger partial charge in [-0.15, -0.1) is 0 Å². The standard InChI is InChI=1S/C22H22N2O4S/c1-3-28-21-14-13-18(29(26,27)24-19-12-8-7-9-16(19)2)15-20(21)23-22(25)17-10-5-4-6-11-17/h4-15,24H,3H2,1-2H3,(H,23,25). The number of amides is 1. The maximum atomic E-state index is 12.9. The summed E-state index contributed by atoms with van der Waals surface area (Å²) in [7, 11) is -3.85. The van der Waals surface area contributed by atoms with Gasteiger partial charge in [0.15, 0.2) is 0 Å². The van der Waals surface area contributed by atoms with E-state index >= 15 is 0 Å². The van der Waals surface area contributed by atoms with Crippen LogP contribution >= 0.6 is 0 Å². The van der Waals surface area contributed by atoms with E-state index in [-0.39, 0.29) is 16.5 Å². The van der Waals surface area contributed by atoms with Crippen LogP contribution in [0.15, 0.2) is 77.7 Å². The number of hydrogen-bond donors (Lipinski definition) is 2. The second kappa shape index (κ2) is 8.79.